The molecule has 4 nitrogen and oxygen atoms in total. The molecule has 0 aliphatic rings. The van der Waals surface area contributed by atoms with E-state index in [1.807, 2.05) is 0 Å². The van der Waals surface area contributed by atoms with Crippen molar-refractivity contribution in [2.24, 2.45) is 0 Å². The van der Waals surface area contributed by atoms with Crippen LogP contribution in [0.3, 0.4) is 0 Å². The summed E-state index contributed by atoms with van der Waals surface area (Å²) in [5.41, 5.74) is 0. The lowest BCUT2D eigenvalue weighted by atomic mass is 10.3. The van der Waals surface area contributed by atoms with Crippen LogP contribution in [0.1, 0.15) is 24.4 Å². The maximum absolute atomic E-state index is 12.0. The third-order valence-corrected chi connectivity index (χ3v) is 3.31. The minimum Gasteiger partial charge on any atom is -0.464 e. The van der Waals surface area contributed by atoms with Gasteiger partial charge in [0.1, 0.15) is 11.5 Å². The van der Waals surface area contributed by atoms with E-state index in [1.165, 1.54) is 0 Å². The average molecular weight is 306 g/mol. The Balaban J connectivity index is 2.14. The first-order chi connectivity index (χ1) is 9.49. The Morgan fingerprint density at radius 3 is 2.75 bits per heavy atom. The van der Waals surface area contributed by atoms with Gasteiger partial charge in [0, 0.05) is 20.5 Å². The van der Waals surface area contributed by atoms with E-state index in [2.05, 4.69) is 5.32 Å². The second kappa shape index (κ2) is 8.97. The number of furan rings is 1. The van der Waals surface area contributed by atoms with E-state index < -0.39 is 5.76 Å². The minimum absolute atomic E-state index is 0.108. The standard InChI is InChI=1S/C13H20F2N2O2S/c1-17(2)12(18)4-3-7-16-8-10-5-6-11(19-10)9-20-13(14)15/h5-6,13,16H,3-4,7-9H2,1-2H3. The van der Waals surface area contributed by atoms with Crippen LogP contribution in [0.4, 0.5) is 8.78 Å². The highest BCUT2D eigenvalue weighted by Crippen LogP contribution is 2.21. The van der Waals surface area contributed by atoms with E-state index in [0.29, 0.717) is 42.8 Å². The Morgan fingerprint density at radius 2 is 2.10 bits per heavy atom. The van der Waals surface area contributed by atoms with Gasteiger partial charge in [-0.2, -0.15) is 8.78 Å². The number of carbonyl (C=O) groups excluding carboxylic acids is 1. The van der Waals surface area contributed by atoms with Crippen LogP contribution in [0.15, 0.2) is 16.5 Å². The fourth-order valence-corrected chi connectivity index (χ4v) is 1.99. The van der Waals surface area contributed by atoms with Crippen LogP contribution >= 0.6 is 11.8 Å². The number of amides is 1. The van der Waals surface area contributed by atoms with E-state index >= 15 is 0 Å². The summed E-state index contributed by atoms with van der Waals surface area (Å²) in [5.74, 6) is -0.828. The van der Waals surface area contributed by atoms with Crippen molar-refractivity contribution in [3.05, 3.63) is 23.7 Å². The van der Waals surface area contributed by atoms with Gasteiger partial charge in [-0.3, -0.25) is 4.79 Å². The first kappa shape index (κ1) is 17.0. The maximum atomic E-state index is 12.0. The van der Waals surface area contributed by atoms with E-state index in [-0.39, 0.29) is 11.7 Å². The number of hydrogen-bond donors (Lipinski definition) is 1. The monoisotopic (exact) mass is 306 g/mol. The number of hydrogen-bond acceptors (Lipinski definition) is 4. The van der Waals surface area contributed by atoms with Gasteiger partial charge >= 0.3 is 0 Å². The van der Waals surface area contributed by atoms with Gasteiger partial charge < -0.3 is 14.6 Å². The van der Waals surface area contributed by atoms with E-state index in [0.717, 1.165) is 6.42 Å². The van der Waals surface area contributed by atoms with Crippen LogP contribution in [-0.4, -0.2) is 37.2 Å². The molecule has 0 unspecified atom stereocenters. The van der Waals surface area contributed by atoms with Crippen LogP contribution < -0.4 is 5.32 Å². The number of alkyl halides is 2. The molecule has 114 valence electrons. The predicted molar refractivity (Wildman–Crippen MR) is 75.6 cm³/mol. The molecule has 1 amide bonds. The molecule has 0 aliphatic carbocycles. The first-order valence-corrected chi connectivity index (χ1v) is 7.42. The largest absolute Gasteiger partial charge is 0.464 e. The van der Waals surface area contributed by atoms with Gasteiger partial charge in [0.15, 0.2) is 0 Å². The van der Waals surface area contributed by atoms with Gasteiger partial charge in [-0.25, -0.2) is 0 Å². The highest BCUT2D eigenvalue weighted by molar-refractivity contribution is 7.98. The molecule has 1 rings (SSSR count). The molecule has 0 bridgehead atoms. The highest BCUT2D eigenvalue weighted by atomic mass is 32.2. The lowest BCUT2D eigenvalue weighted by Gasteiger charge is -2.09. The van der Waals surface area contributed by atoms with Crippen molar-refractivity contribution in [2.45, 2.75) is 30.9 Å². The molecule has 1 heterocycles. The van der Waals surface area contributed by atoms with E-state index in [1.54, 1.807) is 31.1 Å². The van der Waals surface area contributed by atoms with Crippen molar-refractivity contribution in [1.29, 1.82) is 0 Å². The molecule has 0 saturated heterocycles. The Morgan fingerprint density at radius 1 is 1.40 bits per heavy atom. The lowest BCUT2D eigenvalue weighted by molar-refractivity contribution is -0.128. The summed E-state index contributed by atoms with van der Waals surface area (Å²) >= 11 is 0.546. The number of halogens is 2. The average Bonchev–Trinajstić information content (AvgIpc) is 2.83. The zero-order valence-electron chi connectivity index (χ0n) is 11.7. The maximum Gasteiger partial charge on any atom is 0.284 e. The Bertz CT molecular complexity index is 411. The van der Waals surface area contributed by atoms with Crippen LogP contribution in [-0.2, 0) is 17.1 Å². The van der Waals surface area contributed by atoms with Crippen molar-refractivity contribution in [3.8, 4) is 0 Å². The first-order valence-electron chi connectivity index (χ1n) is 6.37. The number of rotatable bonds is 9. The fraction of sp³-hybridized carbons (Fsp3) is 0.615. The molecule has 1 aromatic rings. The van der Waals surface area contributed by atoms with Crippen LogP contribution in [0, 0.1) is 0 Å². The van der Waals surface area contributed by atoms with Crippen molar-refractivity contribution < 1.29 is 18.0 Å². The normalized spacial score (nSPS) is 11.1. The van der Waals surface area contributed by atoms with Crippen molar-refractivity contribution in [2.75, 3.05) is 20.6 Å². The summed E-state index contributed by atoms with van der Waals surface area (Å²) in [6.45, 7) is 1.25. The molecule has 7 heteroatoms. The van der Waals surface area contributed by atoms with Crippen molar-refractivity contribution in [3.63, 3.8) is 0 Å². The number of thioether (sulfide) groups is 1. The second-order valence-corrected chi connectivity index (χ2v) is 5.49. The second-order valence-electron chi connectivity index (χ2n) is 4.51. The van der Waals surface area contributed by atoms with E-state index in [9.17, 15) is 13.6 Å². The topological polar surface area (TPSA) is 45.5 Å². The summed E-state index contributed by atoms with van der Waals surface area (Å²) in [5, 5.41) is 3.15. The molecule has 1 aromatic heterocycles. The zero-order chi connectivity index (χ0) is 15.0. The van der Waals surface area contributed by atoms with Gasteiger partial charge in [0.2, 0.25) is 5.91 Å². The number of nitrogens with one attached hydrogen (secondary N) is 1. The summed E-state index contributed by atoms with van der Waals surface area (Å²) in [7, 11) is 3.47. The third-order valence-electron chi connectivity index (χ3n) is 2.61. The van der Waals surface area contributed by atoms with Crippen molar-refractivity contribution >= 4 is 17.7 Å². The molecule has 0 aliphatic heterocycles. The molecule has 1 N–H and O–H groups in total. The molecular formula is C13H20F2N2O2S. The van der Waals surface area contributed by atoms with Crippen LogP contribution in [0.25, 0.3) is 0 Å². The SMILES string of the molecule is CN(C)C(=O)CCCNCc1ccc(CSC(F)F)o1. The van der Waals surface area contributed by atoms with Crippen LogP contribution in [0.2, 0.25) is 0 Å². The fourth-order valence-electron chi connectivity index (χ4n) is 1.54. The number of nitrogens with zero attached hydrogens (tertiary/aromatic N) is 1. The Hall–Kier alpha value is -1.08. The van der Waals surface area contributed by atoms with Gasteiger partial charge in [0.05, 0.1) is 12.3 Å². The summed E-state index contributed by atoms with van der Waals surface area (Å²) in [6, 6.07) is 3.49. The third kappa shape index (κ3) is 6.91. The lowest BCUT2D eigenvalue weighted by Crippen LogP contribution is -2.23. The van der Waals surface area contributed by atoms with Gasteiger partial charge in [-0.1, -0.05) is 11.8 Å². The smallest absolute Gasteiger partial charge is 0.284 e. The molecule has 0 spiro atoms. The van der Waals surface area contributed by atoms with Crippen LogP contribution in [0.5, 0.6) is 0 Å². The molecule has 20 heavy (non-hydrogen) atoms. The quantitative estimate of drug-likeness (QED) is 0.713. The molecule has 0 fully saturated rings. The molecule has 0 atom stereocenters. The molecular weight excluding hydrogens is 286 g/mol. The summed E-state index contributed by atoms with van der Waals surface area (Å²) in [4.78, 5) is 12.9. The molecule has 0 aromatic carbocycles. The minimum atomic E-state index is -2.38. The Kier molecular flexibility index (Phi) is 7.61. The van der Waals surface area contributed by atoms with E-state index in [4.69, 9.17) is 4.42 Å². The van der Waals surface area contributed by atoms with Gasteiger partial charge in [-0.05, 0) is 25.1 Å². The Labute approximate surface area is 121 Å². The molecule has 0 radical (unpaired) electrons. The van der Waals surface area contributed by atoms with Gasteiger partial charge in [-0.15, -0.1) is 0 Å². The van der Waals surface area contributed by atoms with Crippen molar-refractivity contribution in [1.82, 2.24) is 10.2 Å². The highest BCUT2D eigenvalue weighted by Gasteiger charge is 2.07. The summed E-state index contributed by atoms with van der Waals surface area (Å²) in [6.07, 6.45) is 1.26. The van der Waals surface area contributed by atoms with Gasteiger partial charge in [0.25, 0.3) is 5.76 Å². The summed E-state index contributed by atoms with van der Waals surface area (Å²) < 4.78 is 29.4. The zero-order valence-corrected chi connectivity index (χ0v) is 12.5. The number of carbonyl (C=O) groups is 1. The predicted octanol–water partition coefficient (Wildman–Crippen LogP) is 2.69. The molecule has 0 saturated carbocycles.